The molecule has 0 saturated carbocycles. The Morgan fingerprint density at radius 3 is 2.96 bits per heavy atom. The topological polar surface area (TPSA) is 77.2 Å². The standard InChI is InChI=1S/C17H17N3O3/c1-12-4-2-3-5-16(12)23-10-13(21)9-20-11-19-15-8-18-7-6-14(15)17(20)22/h2-8,11,13,21H,9-10H2,1H3. The van der Waals surface area contributed by atoms with E-state index in [1.165, 1.54) is 10.9 Å². The Balaban J connectivity index is 1.71. The Bertz CT molecular complexity index is 876. The van der Waals surface area contributed by atoms with Crippen molar-refractivity contribution in [3.8, 4) is 5.75 Å². The molecule has 6 nitrogen and oxygen atoms in total. The maximum absolute atomic E-state index is 12.3. The molecule has 118 valence electrons. The molecule has 0 fully saturated rings. The van der Waals surface area contributed by atoms with Crippen molar-refractivity contribution in [2.45, 2.75) is 19.6 Å². The lowest BCUT2D eigenvalue weighted by Crippen LogP contribution is -2.30. The van der Waals surface area contributed by atoms with Gasteiger partial charge in [0.05, 0.1) is 30.0 Å². The molecular formula is C17H17N3O3. The van der Waals surface area contributed by atoms with Crippen molar-refractivity contribution in [2.75, 3.05) is 6.61 Å². The maximum Gasteiger partial charge on any atom is 0.261 e. The third-order valence-electron chi connectivity index (χ3n) is 3.56. The number of rotatable bonds is 5. The largest absolute Gasteiger partial charge is 0.491 e. The second kappa shape index (κ2) is 6.58. The van der Waals surface area contributed by atoms with Gasteiger partial charge < -0.3 is 9.84 Å². The lowest BCUT2D eigenvalue weighted by molar-refractivity contribution is 0.0911. The Morgan fingerprint density at radius 1 is 1.30 bits per heavy atom. The molecule has 1 unspecified atom stereocenters. The minimum Gasteiger partial charge on any atom is -0.491 e. The van der Waals surface area contributed by atoms with Crippen molar-refractivity contribution in [3.05, 3.63) is 65.0 Å². The number of pyridine rings is 1. The lowest BCUT2D eigenvalue weighted by Gasteiger charge is -2.15. The van der Waals surface area contributed by atoms with Crippen LogP contribution in [0.15, 0.2) is 53.8 Å². The average molecular weight is 311 g/mol. The highest BCUT2D eigenvalue weighted by Gasteiger charge is 2.10. The van der Waals surface area contributed by atoms with Crippen molar-refractivity contribution in [1.82, 2.24) is 14.5 Å². The van der Waals surface area contributed by atoms with Gasteiger partial charge in [0.2, 0.25) is 0 Å². The van der Waals surface area contributed by atoms with Crippen LogP contribution in [0.2, 0.25) is 0 Å². The molecule has 0 amide bonds. The fraction of sp³-hybridized carbons (Fsp3) is 0.235. The van der Waals surface area contributed by atoms with Gasteiger partial charge in [0.1, 0.15) is 18.5 Å². The van der Waals surface area contributed by atoms with Gasteiger partial charge in [-0.25, -0.2) is 4.98 Å². The summed E-state index contributed by atoms with van der Waals surface area (Å²) in [5.41, 5.74) is 1.34. The number of fused-ring (bicyclic) bond motifs is 1. The summed E-state index contributed by atoms with van der Waals surface area (Å²) in [6, 6.07) is 9.21. The molecule has 1 N–H and O–H groups in total. The van der Waals surface area contributed by atoms with Crippen molar-refractivity contribution >= 4 is 10.9 Å². The molecule has 3 rings (SSSR count). The van der Waals surface area contributed by atoms with E-state index in [9.17, 15) is 9.90 Å². The molecule has 0 aliphatic carbocycles. The van der Waals surface area contributed by atoms with Crippen LogP contribution in [-0.2, 0) is 6.54 Å². The molecule has 2 heterocycles. The zero-order valence-electron chi connectivity index (χ0n) is 12.7. The van der Waals surface area contributed by atoms with E-state index in [-0.39, 0.29) is 18.7 Å². The van der Waals surface area contributed by atoms with Gasteiger partial charge in [-0.15, -0.1) is 0 Å². The number of aryl methyl sites for hydroxylation is 1. The summed E-state index contributed by atoms with van der Waals surface area (Å²) in [7, 11) is 0. The van der Waals surface area contributed by atoms with Gasteiger partial charge in [-0.1, -0.05) is 18.2 Å². The number of benzene rings is 1. The summed E-state index contributed by atoms with van der Waals surface area (Å²) in [5.74, 6) is 0.724. The minimum absolute atomic E-state index is 0.103. The highest BCUT2D eigenvalue weighted by molar-refractivity contribution is 5.75. The maximum atomic E-state index is 12.3. The second-order valence-electron chi connectivity index (χ2n) is 5.33. The molecule has 0 spiro atoms. The van der Waals surface area contributed by atoms with Crippen LogP contribution < -0.4 is 10.3 Å². The summed E-state index contributed by atoms with van der Waals surface area (Å²) in [6.45, 7) is 2.16. The number of nitrogens with zero attached hydrogens (tertiary/aromatic N) is 3. The van der Waals surface area contributed by atoms with Gasteiger partial charge in [0, 0.05) is 6.20 Å². The molecular weight excluding hydrogens is 294 g/mol. The van der Waals surface area contributed by atoms with Crippen LogP contribution in [0.3, 0.4) is 0 Å². The van der Waals surface area contributed by atoms with E-state index < -0.39 is 6.10 Å². The number of aliphatic hydroxyl groups excluding tert-OH is 1. The number of aromatic nitrogens is 3. The van der Waals surface area contributed by atoms with Gasteiger partial charge in [0.15, 0.2) is 0 Å². The fourth-order valence-corrected chi connectivity index (χ4v) is 2.32. The Morgan fingerprint density at radius 2 is 2.13 bits per heavy atom. The predicted octanol–water partition coefficient (Wildman–Crippen LogP) is 1.54. The molecule has 3 aromatic rings. The highest BCUT2D eigenvalue weighted by atomic mass is 16.5. The summed E-state index contributed by atoms with van der Waals surface area (Å²) in [4.78, 5) is 20.4. The third kappa shape index (κ3) is 3.37. The van der Waals surface area contributed by atoms with Crippen LogP contribution in [0, 0.1) is 6.92 Å². The van der Waals surface area contributed by atoms with Crippen molar-refractivity contribution in [2.24, 2.45) is 0 Å². The van der Waals surface area contributed by atoms with Crippen LogP contribution in [0.1, 0.15) is 5.56 Å². The Labute approximate surface area is 133 Å². The van der Waals surface area contributed by atoms with Crippen molar-refractivity contribution in [3.63, 3.8) is 0 Å². The van der Waals surface area contributed by atoms with E-state index in [0.717, 1.165) is 11.3 Å². The molecule has 0 aliphatic heterocycles. The van der Waals surface area contributed by atoms with Crippen LogP contribution in [0.4, 0.5) is 0 Å². The Kier molecular flexibility index (Phi) is 4.34. The zero-order chi connectivity index (χ0) is 16.2. The molecule has 1 atom stereocenters. The number of aliphatic hydroxyl groups is 1. The van der Waals surface area contributed by atoms with Crippen molar-refractivity contribution < 1.29 is 9.84 Å². The normalized spacial score (nSPS) is 12.3. The average Bonchev–Trinajstić information content (AvgIpc) is 2.57. The highest BCUT2D eigenvalue weighted by Crippen LogP contribution is 2.16. The first-order valence-corrected chi connectivity index (χ1v) is 7.31. The first-order chi connectivity index (χ1) is 11.1. The summed E-state index contributed by atoms with van der Waals surface area (Å²) < 4.78 is 6.99. The fourth-order valence-electron chi connectivity index (χ4n) is 2.32. The molecule has 6 heteroatoms. The van der Waals surface area contributed by atoms with Gasteiger partial charge >= 0.3 is 0 Å². The molecule has 1 aromatic carbocycles. The molecule has 2 aromatic heterocycles. The number of ether oxygens (including phenoxy) is 1. The first-order valence-electron chi connectivity index (χ1n) is 7.31. The van der Waals surface area contributed by atoms with Gasteiger partial charge in [-0.2, -0.15) is 0 Å². The second-order valence-corrected chi connectivity index (χ2v) is 5.33. The Hall–Kier alpha value is -2.73. The molecule has 0 aliphatic rings. The van der Waals surface area contributed by atoms with Crippen LogP contribution in [0.25, 0.3) is 10.9 Å². The molecule has 0 saturated heterocycles. The van der Waals surface area contributed by atoms with E-state index in [1.807, 2.05) is 31.2 Å². The van der Waals surface area contributed by atoms with E-state index >= 15 is 0 Å². The zero-order valence-corrected chi connectivity index (χ0v) is 12.7. The van der Waals surface area contributed by atoms with Crippen molar-refractivity contribution in [1.29, 1.82) is 0 Å². The van der Waals surface area contributed by atoms with Crippen LogP contribution in [0.5, 0.6) is 5.75 Å². The minimum atomic E-state index is -0.812. The van der Waals surface area contributed by atoms with Gasteiger partial charge in [-0.3, -0.25) is 14.3 Å². The number of hydrogen-bond acceptors (Lipinski definition) is 5. The van der Waals surface area contributed by atoms with E-state index in [4.69, 9.17) is 4.74 Å². The van der Waals surface area contributed by atoms with Gasteiger partial charge in [0.25, 0.3) is 5.56 Å². The van der Waals surface area contributed by atoms with Gasteiger partial charge in [-0.05, 0) is 24.6 Å². The van der Waals surface area contributed by atoms with Crippen LogP contribution >= 0.6 is 0 Å². The number of hydrogen-bond donors (Lipinski definition) is 1. The summed E-state index contributed by atoms with van der Waals surface area (Å²) in [5, 5.41) is 10.6. The van der Waals surface area contributed by atoms with E-state index in [0.29, 0.717) is 10.9 Å². The van der Waals surface area contributed by atoms with Crippen LogP contribution in [-0.4, -0.2) is 32.4 Å². The number of para-hydroxylation sites is 1. The molecule has 0 bridgehead atoms. The monoisotopic (exact) mass is 311 g/mol. The molecule has 0 radical (unpaired) electrons. The first kappa shape index (κ1) is 15.2. The van der Waals surface area contributed by atoms with E-state index in [2.05, 4.69) is 9.97 Å². The molecule has 23 heavy (non-hydrogen) atoms. The lowest BCUT2D eigenvalue weighted by atomic mass is 10.2. The summed E-state index contributed by atoms with van der Waals surface area (Å²) in [6.07, 6.45) is 3.70. The SMILES string of the molecule is Cc1ccccc1OCC(O)Cn1cnc2cnccc2c1=O. The third-order valence-corrected chi connectivity index (χ3v) is 3.56. The van der Waals surface area contributed by atoms with E-state index in [1.54, 1.807) is 18.5 Å². The smallest absolute Gasteiger partial charge is 0.261 e. The quantitative estimate of drug-likeness (QED) is 0.773. The predicted molar refractivity (Wildman–Crippen MR) is 86.5 cm³/mol. The summed E-state index contributed by atoms with van der Waals surface area (Å²) >= 11 is 0.